The predicted octanol–water partition coefficient (Wildman–Crippen LogP) is 10.6. The number of methoxy groups -OCH3 is 1. The van der Waals surface area contributed by atoms with E-state index in [-0.39, 0.29) is 12.4 Å². The lowest BCUT2D eigenvalue weighted by Crippen LogP contribution is -2.20. The Labute approximate surface area is 264 Å². The van der Waals surface area contributed by atoms with Gasteiger partial charge in [0, 0.05) is 7.11 Å². The van der Waals surface area contributed by atoms with Crippen molar-refractivity contribution in [1.82, 2.24) is 4.90 Å². The van der Waals surface area contributed by atoms with Crippen LogP contribution in [0.5, 0.6) is 0 Å². The Balaban J connectivity index is 0. The highest BCUT2D eigenvalue weighted by Crippen LogP contribution is 2.13. The van der Waals surface area contributed by atoms with E-state index in [9.17, 15) is 4.79 Å². The van der Waals surface area contributed by atoms with E-state index in [1.807, 2.05) is 0 Å². The number of rotatable bonds is 34. The molecule has 0 aliphatic carbocycles. The summed E-state index contributed by atoms with van der Waals surface area (Å²) in [4.78, 5) is 13.0. The maximum absolute atomic E-state index is 10.4. The van der Waals surface area contributed by atoms with Crippen molar-refractivity contribution in [3.63, 3.8) is 0 Å². The van der Waals surface area contributed by atoms with E-state index in [0.717, 1.165) is 0 Å². The number of carbonyl (C=O) groups is 1. The first-order valence-corrected chi connectivity index (χ1v) is 18.4. The molecule has 0 rings (SSSR count). The third kappa shape index (κ3) is 44.0. The number of nitrogens with zero attached hydrogens (tertiary/aromatic N) is 1. The zero-order chi connectivity index (χ0) is 31.2. The van der Waals surface area contributed by atoms with Crippen LogP contribution in [0.1, 0.15) is 175 Å². The lowest BCUT2D eigenvalue weighted by Gasteiger charge is -2.16. The Hall–Kier alpha value is -0.490. The second-order valence-electron chi connectivity index (χ2n) is 12.4. The molecule has 0 N–H and O–H groups in total. The maximum atomic E-state index is 10.4. The summed E-state index contributed by atoms with van der Waals surface area (Å²) in [7, 11) is 3.95. The molecule has 5 heteroatoms. The summed E-state index contributed by atoms with van der Waals surface area (Å²) in [5, 5.41) is 0. The van der Waals surface area contributed by atoms with Crippen LogP contribution >= 0.6 is 0 Å². The first-order valence-electron chi connectivity index (χ1n) is 18.4. The van der Waals surface area contributed by atoms with E-state index < -0.39 is 0 Å². The Morgan fingerprint density at radius 3 is 1.12 bits per heavy atom. The van der Waals surface area contributed by atoms with Gasteiger partial charge in [0.25, 0.3) is 0 Å². The van der Waals surface area contributed by atoms with Crippen LogP contribution in [0.15, 0.2) is 0 Å². The first kappa shape index (κ1) is 43.6. The van der Waals surface area contributed by atoms with E-state index in [4.69, 9.17) is 14.2 Å². The average molecular weight is 600 g/mol. The van der Waals surface area contributed by atoms with Crippen LogP contribution in [0.4, 0.5) is 0 Å². The van der Waals surface area contributed by atoms with E-state index in [0.29, 0.717) is 26.4 Å². The van der Waals surface area contributed by atoms with Gasteiger partial charge in [0.1, 0.15) is 6.61 Å². The molecule has 254 valence electrons. The van der Waals surface area contributed by atoms with Gasteiger partial charge in [0.2, 0.25) is 0 Å². The van der Waals surface area contributed by atoms with Gasteiger partial charge in [-0.2, -0.15) is 0 Å². The number of Topliss-reactive ketones (excluding diaryl/α,β-unsaturated/α-hetero) is 1. The molecule has 42 heavy (non-hydrogen) atoms. The molecule has 0 aromatic carbocycles. The minimum atomic E-state index is 0.0342. The van der Waals surface area contributed by atoms with Crippen molar-refractivity contribution < 1.29 is 19.0 Å². The van der Waals surface area contributed by atoms with Gasteiger partial charge in [-0.25, -0.2) is 0 Å². The normalized spacial score (nSPS) is 11.2. The molecule has 0 heterocycles. The van der Waals surface area contributed by atoms with Crippen LogP contribution in [0.2, 0.25) is 0 Å². The first-order chi connectivity index (χ1) is 20.6. The van der Waals surface area contributed by atoms with Crippen LogP contribution in [-0.4, -0.2) is 71.0 Å². The third-order valence-corrected chi connectivity index (χ3v) is 7.90. The molecule has 0 amide bonds. The highest BCUT2D eigenvalue weighted by Gasteiger charge is 2.00. The van der Waals surface area contributed by atoms with Crippen molar-refractivity contribution in [2.75, 3.05) is 60.3 Å². The van der Waals surface area contributed by atoms with Crippen molar-refractivity contribution in [3.8, 4) is 0 Å². The predicted molar refractivity (Wildman–Crippen MR) is 184 cm³/mol. The van der Waals surface area contributed by atoms with E-state index in [1.165, 1.54) is 174 Å². The highest BCUT2D eigenvalue weighted by molar-refractivity contribution is 5.76. The Kier molecular flexibility index (Phi) is 42.1. The van der Waals surface area contributed by atoms with Gasteiger partial charge in [-0.05, 0) is 39.9 Å². The average Bonchev–Trinajstić information content (AvgIpc) is 2.98. The molecule has 0 aliphatic heterocycles. The van der Waals surface area contributed by atoms with Gasteiger partial charge in [-0.15, -0.1) is 0 Å². The smallest absolute Gasteiger partial charge is 0.155 e. The van der Waals surface area contributed by atoms with Crippen molar-refractivity contribution >= 4 is 5.78 Å². The quantitative estimate of drug-likeness (QED) is 0.0689. The molecule has 0 unspecified atom stereocenters. The molecular weight excluding hydrogens is 522 g/mol. The standard InChI is InChI=1S/C29H61N.C8H16O4/c1-4-6-8-10-12-14-16-18-20-22-24-26-28-30(3)29-27-25-23-21-19-17-15-13-11-9-7-5-2;1-8(9)7-12-6-5-11-4-3-10-2/h4-29H2,1-3H3;3-7H2,1-2H3. The number of unbranched alkanes of at least 4 members (excludes halogenated alkanes) is 22. The van der Waals surface area contributed by atoms with Gasteiger partial charge < -0.3 is 19.1 Å². The van der Waals surface area contributed by atoms with Crippen LogP contribution < -0.4 is 0 Å². The molecule has 0 saturated carbocycles. The summed E-state index contributed by atoms with van der Waals surface area (Å²) in [6, 6.07) is 0. The molecular formula is C37H77NO4. The van der Waals surface area contributed by atoms with E-state index in [2.05, 4.69) is 25.8 Å². The maximum Gasteiger partial charge on any atom is 0.155 e. The summed E-state index contributed by atoms with van der Waals surface area (Å²) >= 11 is 0. The molecule has 0 bridgehead atoms. The summed E-state index contributed by atoms with van der Waals surface area (Å²) < 4.78 is 14.8. The fourth-order valence-corrected chi connectivity index (χ4v) is 5.14. The molecule has 0 saturated heterocycles. The van der Waals surface area contributed by atoms with Crippen molar-refractivity contribution in [1.29, 1.82) is 0 Å². The van der Waals surface area contributed by atoms with Crippen LogP contribution in [-0.2, 0) is 19.0 Å². The molecule has 0 aromatic rings. The third-order valence-electron chi connectivity index (χ3n) is 7.90. The van der Waals surface area contributed by atoms with Crippen LogP contribution in [0, 0.1) is 0 Å². The Bertz CT molecular complexity index is 460. The second kappa shape index (κ2) is 40.5. The van der Waals surface area contributed by atoms with Crippen molar-refractivity contribution in [2.45, 2.75) is 175 Å². The highest BCUT2D eigenvalue weighted by atomic mass is 16.5. The van der Waals surface area contributed by atoms with Gasteiger partial charge >= 0.3 is 0 Å². The molecule has 0 aromatic heterocycles. The fraction of sp³-hybridized carbons (Fsp3) is 0.973. The summed E-state index contributed by atoms with van der Waals surface area (Å²) in [6.07, 6.45) is 34.9. The van der Waals surface area contributed by atoms with Gasteiger partial charge in [0.05, 0.1) is 26.4 Å². The second-order valence-corrected chi connectivity index (χ2v) is 12.4. The van der Waals surface area contributed by atoms with Gasteiger partial charge in [0.15, 0.2) is 5.78 Å². The number of ketones is 1. The SMILES string of the molecule is CCCCCCCCCCCCCCN(C)CCCCCCCCCCCCCC.COCCOCCOCC(C)=O. The van der Waals surface area contributed by atoms with Gasteiger partial charge in [-0.3, -0.25) is 4.79 Å². The topological polar surface area (TPSA) is 48.0 Å². The summed E-state index contributed by atoms with van der Waals surface area (Å²) in [6.45, 7) is 11.0. The van der Waals surface area contributed by atoms with E-state index in [1.54, 1.807) is 7.11 Å². The number of carbonyl (C=O) groups excluding carboxylic acids is 1. The zero-order valence-corrected chi connectivity index (χ0v) is 29.5. The molecule has 0 spiro atoms. The zero-order valence-electron chi connectivity index (χ0n) is 29.5. The lowest BCUT2D eigenvalue weighted by atomic mass is 10.0. The Morgan fingerprint density at radius 2 is 0.786 bits per heavy atom. The number of hydrogen-bond acceptors (Lipinski definition) is 5. The Morgan fingerprint density at radius 1 is 0.476 bits per heavy atom. The van der Waals surface area contributed by atoms with Crippen LogP contribution in [0.3, 0.4) is 0 Å². The number of hydrogen-bond donors (Lipinski definition) is 0. The number of ether oxygens (including phenoxy) is 3. The summed E-state index contributed by atoms with van der Waals surface area (Å²) in [5.74, 6) is 0.0342. The minimum Gasteiger partial charge on any atom is -0.382 e. The van der Waals surface area contributed by atoms with Gasteiger partial charge in [-0.1, -0.05) is 155 Å². The fourth-order valence-electron chi connectivity index (χ4n) is 5.14. The molecule has 5 nitrogen and oxygen atoms in total. The molecule has 0 radical (unpaired) electrons. The lowest BCUT2D eigenvalue weighted by molar-refractivity contribution is -0.122. The monoisotopic (exact) mass is 600 g/mol. The molecule has 0 atom stereocenters. The summed E-state index contributed by atoms with van der Waals surface area (Å²) in [5.41, 5.74) is 0. The molecule has 0 fully saturated rings. The van der Waals surface area contributed by atoms with Crippen molar-refractivity contribution in [2.24, 2.45) is 0 Å². The minimum absolute atomic E-state index is 0.0342. The molecule has 0 aliphatic rings. The van der Waals surface area contributed by atoms with Crippen LogP contribution in [0.25, 0.3) is 0 Å². The van der Waals surface area contributed by atoms with E-state index >= 15 is 0 Å². The van der Waals surface area contributed by atoms with Crippen molar-refractivity contribution in [3.05, 3.63) is 0 Å². The largest absolute Gasteiger partial charge is 0.382 e.